The van der Waals surface area contributed by atoms with E-state index in [1.807, 2.05) is 76.8 Å². The SMILES string of the molecule is CC[C@H](C)C([C@@H](CC(=O)N1CCC[C@H]1[C@H](OC)[C@@H](C)C(=O)C[C@H](C)[C@@H](O)c1ccccc1)OC)N(C)C(=O)[C@@H](CC(=O)[C@@H](NC)C(C)C)C(C)C. The Morgan fingerprint density at radius 1 is 0.902 bits per heavy atom. The molecular weight excluding hydrogens is 646 g/mol. The zero-order valence-electron chi connectivity index (χ0n) is 33.6. The molecule has 2 amide bonds. The van der Waals surface area contributed by atoms with Crippen LogP contribution in [0, 0.1) is 35.5 Å². The number of aliphatic hydroxyl groups is 1. The molecule has 0 radical (unpaired) electrons. The van der Waals surface area contributed by atoms with Crippen LogP contribution in [0.2, 0.25) is 0 Å². The highest BCUT2D eigenvalue weighted by molar-refractivity contribution is 5.90. The predicted molar refractivity (Wildman–Crippen MR) is 202 cm³/mol. The van der Waals surface area contributed by atoms with Crippen LogP contribution in [0.5, 0.6) is 0 Å². The zero-order chi connectivity index (χ0) is 38.6. The minimum Gasteiger partial charge on any atom is -0.388 e. The molecule has 1 aromatic carbocycles. The van der Waals surface area contributed by atoms with Gasteiger partial charge in [0.05, 0.1) is 42.9 Å². The van der Waals surface area contributed by atoms with Crippen LogP contribution in [-0.2, 0) is 28.7 Å². The Balaban J connectivity index is 2.24. The molecule has 1 fully saturated rings. The Hall–Kier alpha value is -2.66. The van der Waals surface area contributed by atoms with E-state index in [0.717, 1.165) is 18.4 Å². The number of hydrogen-bond acceptors (Lipinski definition) is 8. The van der Waals surface area contributed by atoms with E-state index >= 15 is 0 Å². The standard InChI is InChI=1S/C41H69N3O7/c1-13-27(6)38(43(10)41(49)31(25(2)3)23-34(46)37(42-9)26(4)5)35(50-11)24-36(47)44-21-17-20-32(44)40(51-12)29(8)33(45)22-28(7)39(48)30-18-15-14-16-19-30/h14-16,18-19,25-29,31-32,35,37-40,42,48H,13,17,20-24H2,1-12H3/t27-,28-,29-,31-,32-,35+,37-,38?,39+,40+/m0/s1. The molecule has 0 bridgehead atoms. The second-order valence-electron chi connectivity index (χ2n) is 15.6. The van der Waals surface area contributed by atoms with Crippen LogP contribution < -0.4 is 5.32 Å². The van der Waals surface area contributed by atoms with Gasteiger partial charge in [-0.15, -0.1) is 0 Å². The van der Waals surface area contributed by atoms with Gasteiger partial charge in [-0.05, 0) is 49.1 Å². The van der Waals surface area contributed by atoms with Crippen molar-refractivity contribution in [2.45, 2.75) is 130 Å². The maximum atomic E-state index is 14.2. The smallest absolute Gasteiger partial charge is 0.226 e. The lowest BCUT2D eigenvalue weighted by atomic mass is 9.84. The number of methoxy groups -OCH3 is 2. The van der Waals surface area contributed by atoms with E-state index in [1.165, 1.54) is 0 Å². The van der Waals surface area contributed by atoms with Crippen molar-refractivity contribution >= 4 is 23.4 Å². The Morgan fingerprint density at radius 3 is 2.04 bits per heavy atom. The summed E-state index contributed by atoms with van der Waals surface area (Å²) in [5, 5.41) is 14.0. The van der Waals surface area contributed by atoms with Gasteiger partial charge in [-0.3, -0.25) is 19.2 Å². The molecule has 1 aromatic rings. The van der Waals surface area contributed by atoms with Crippen molar-refractivity contribution in [1.29, 1.82) is 0 Å². The van der Waals surface area contributed by atoms with E-state index in [-0.39, 0.29) is 78.4 Å². The molecule has 1 unspecified atom stereocenters. The maximum Gasteiger partial charge on any atom is 0.226 e. The van der Waals surface area contributed by atoms with Gasteiger partial charge in [-0.25, -0.2) is 0 Å². The molecule has 0 saturated carbocycles. The summed E-state index contributed by atoms with van der Waals surface area (Å²) in [6.45, 7) is 16.3. The molecule has 10 atom stereocenters. The number of hydrogen-bond donors (Lipinski definition) is 2. The van der Waals surface area contributed by atoms with Gasteiger partial charge in [0, 0.05) is 52.5 Å². The summed E-state index contributed by atoms with van der Waals surface area (Å²) >= 11 is 0. The number of ether oxygens (including phenoxy) is 2. The van der Waals surface area contributed by atoms with E-state index < -0.39 is 36.2 Å². The molecule has 290 valence electrons. The lowest BCUT2D eigenvalue weighted by Crippen LogP contribution is -2.54. The first-order valence-corrected chi connectivity index (χ1v) is 19.1. The number of nitrogens with one attached hydrogen (secondary N) is 1. The summed E-state index contributed by atoms with van der Waals surface area (Å²) in [6.07, 6.45) is 0.834. The lowest BCUT2D eigenvalue weighted by Gasteiger charge is -2.41. The van der Waals surface area contributed by atoms with E-state index in [4.69, 9.17) is 9.47 Å². The van der Waals surface area contributed by atoms with Crippen molar-refractivity contribution in [3.63, 3.8) is 0 Å². The van der Waals surface area contributed by atoms with E-state index in [0.29, 0.717) is 13.0 Å². The number of benzene rings is 1. The molecule has 2 rings (SSSR count). The van der Waals surface area contributed by atoms with Crippen LogP contribution >= 0.6 is 0 Å². The number of carbonyl (C=O) groups is 4. The minimum absolute atomic E-state index is 0.0111. The summed E-state index contributed by atoms with van der Waals surface area (Å²) in [6, 6.07) is 8.35. The van der Waals surface area contributed by atoms with Gasteiger partial charge in [0.15, 0.2) is 5.78 Å². The Morgan fingerprint density at radius 2 is 1.53 bits per heavy atom. The average Bonchev–Trinajstić information content (AvgIpc) is 3.59. The van der Waals surface area contributed by atoms with Crippen LogP contribution in [0.4, 0.5) is 0 Å². The molecule has 1 aliphatic heterocycles. The molecule has 51 heavy (non-hydrogen) atoms. The fourth-order valence-corrected chi connectivity index (χ4v) is 8.01. The lowest BCUT2D eigenvalue weighted by molar-refractivity contribution is -0.149. The molecule has 0 aromatic heterocycles. The highest BCUT2D eigenvalue weighted by Crippen LogP contribution is 2.32. The van der Waals surface area contributed by atoms with Crippen LogP contribution in [-0.4, -0.2) is 103 Å². The van der Waals surface area contributed by atoms with Crippen molar-refractivity contribution in [2.75, 3.05) is 34.9 Å². The molecule has 0 spiro atoms. The number of likely N-dealkylation sites (N-methyl/N-ethyl adjacent to an activating group) is 2. The maximum absolute atomic E-state index is 14.2. The van der Waals surface area contributed by atoms with Crippen LogP contribution in [0.1, 0.15) is 106 Å². The topological polar surface area (TPSA) is 125 Å². The number of rotatable bonds is 22. The van der Waals surface area contributed by atoms with Gasteiger partial charge < -0.3 is 29.7 Å². The number of aliphatic hydroxyl groups excluding tert-OH is 1. The number of carbonyl (C=O) groups excluding carboxylic acids is 4. The van der Waals surface area contributed by atoms with Gasteiger partial charge in [0.2, 0.25) is 11.8 Å². The predicted octanol–water partition coefficient (Wildman–Crippen LogP) is 5.71. The number of likely N-dealkylation sites (tertiary alicyclic amines) is 1. The molecular formula is C41H69N3O7. The Kier molecular flexibility index (Phi) is 18.4. The second kappa shape index (κ2) is 21.1. The zero-order valence-corrected chi connectivity index (χ0v) is 33.6. The highest BCUT2D eigenvalue weighted by Gasteiger charge is 2.43. The van der Waals surface area contributed by atoms with Crippen molar-refractivity contribution < 1.29 is 33.8 Å². The molecule has 2 N–H and O–H groups in total. The Labute approximate surface area is 308 Å². The number of amides is 2. The molecule has 10 nitrogen and oxygen atoms in total. The Bertz CT molecular complexity index is 1240. The highest BCUT2D eigenvalue weighted by atomic mass is 16.5. The number of ketones is 2. The first-order valence-electron chi connectivity index (χ1n) is 19.1. The van der Waals surface area contributed by atoms with Crippen LogP contribution in [0.25, 0.3) is 0 Å². The molecule has 10 heteroatoms. The number of nitrogens with zero attached hydrogens (tertiary/aromatic N) is 2. The summed E-state index contributed by atoms with van der Waals surface area (Å²) in [5.41, 5.74) is 0.777. The van der Waals surface area contributed by atoms with Crippen molar-refractivity contribution in [2.24, 2.45) is 35.5 Å². The minimum atomic E-state index is -0.760. The van der Waals surface area contributed by atoms with Gasteiger partial charge in [-0.1, -0.05) is 92.1 Å². The molecule has 1 saturated heterocycles. The summed E-state index contributed by atoms with van der Waals surface area (Å²) in [5.74, 6) is -1.41. The monoisotopic (exact) mass is 716 g/mol. The van der Waals surface area contributed by atoms with E-state index in [2.05, 4.69) is 19.2 Å². The first kappa shape index (κ1) is 44.5. The molecule has 0 aliphatic carbocycles. The third-order valence-corrected chi connectivity index (χ3v) is 11.4. The van der Waals surface area contributed by atoms with Gasteiger partial charge in [-0.2, -0.15) is 0 Å². The normalized spacial score (nSPS) is 20.3. The first-order chi connectivity index (χ1) is 24.0. The van der Waals surface area contributed by atoms with Crippen LogP contribution in [0.15, 0.2) is 30.3 Å². The van der Waals surface area contributed by atoms with Crippen molar-refractivity contribution in [3.8, 4) is 0 Å². The van der Waals surface area contributed by atoms with E-state index in [9.17, 15) is 24.3 Å². The van der Waals surface area contributed by atoms with Crippen molar-refractivity contribution in [3.05, 3.63) is 35.9 Å². The van der Waals surface area contributed by atoms with Gasteiger partial charge >= 0.3 is 0 Å². The average molecular weight is 716 g/mol. The fraction of sp³-hybridized carbons (Fsp3) is 0.756. The third kappa shape index (κ3) is 11.7. The second-order valence-corrected chi connectivity index (χ2v) is 15.6. The summed E-state index contributed by atoms with van der Waals surface area (Å²) < 4.78 is 12.0. The quantitative estimate of drug-likeness (QED) is 0.157. The third-order valence-electron chi connectivity index (χ3n) is 11.4. The van der Waals surface area contributed by atoms with Crippen LogP contribution in [0.3, 0.4) is 0 Å². The molecule has 1 aliphatic rings. The molecule has 1 heterocycles. The summed E-state index contributed by atoms with van der Waals surface area (Å²) in [4.78, 5) is 58.7. The summed E-state index contributed by atoms with van der Waals surface area (Å²) in [7, 11) is 6.72. The van der Waals surface area contributed by atoms with Gasteiger partial charge in [0.25, 0.3) is 0 Å². The number of Topliss-reactive ketones (excluding diaryl/α,β-unsaturated/α-hetero) is 2. The van der Waals surface area contributed by atoms with E-state index in [1.54, 1.807) is 33.2 Å². The fourth-order valence-electron chi connectivity index (χ4n) is 8.01. The van der Waals surface area contributed by atoms with Crippen molar-refractivity contribution in [1.82, 2.24) is 15.1 Å². The largest absolute Gasteiger partial charge is 0.388 e. The van der Waals surface area contributed by atoms with Gasteiger partial charge in [0.1, 0.15) is 5.78 Å².